The second kappa shape index (κ2) is 8.73. The lowest BCUT2D eigenvalue weighted by Crippen LogP contribution is -2.48. The number of hydrogen-bond donors (Lipinski definition) is 2. The molecule has 6 heteroatoms. The summed E-state index contributed by atoms with van der Waals surface area (Å²) in [6, 6.07) is 4.15. The van der Waals surface area contributed by atoms with Gasteiger partial charge in [0, 0.05) is 32.7 Å². The van der Waals surface area contributed by atoms with E-state index in [-0.39, 0.29) is 6.10 Å². The molecule has 1 aromatic carbocycles. The molecule has 1 heterocycles. The first-order chi connectivity index (χ1) is 11.1. The van der Waals surface area contributed by atoms with Gasteiger partial charge in [0.05, 0.1) is 23.9 Å². The number of nitrogens with zero attached hydrogens (tertiary/aromatic N) is 2. The maximum atomic E-state index is 9.90. The summed E-state index contributed by atoms with van der Waals surface area (Å²) in [5.74, 6) is 0.750. The van der Waals surface area contributed by atoms with E-state index in [9.17, 15) is 5.11 Å². The molecule has 1 atom stereocenters. The third-order valence-corrected chi connectivity index (χ3v) is 4.66. The third kappa shape index (κ3) is 4.73. The van der Waals surface area contributed by atoms with Crippen molar-refractivity contribution in [2.45, 2.75) is 25.9 Å². The highest BCUT2D eigenvalue weighted by Gasteiger charge is 2.22. The molecule has 1 fully saturated rings. The van der Waals surface area contributed by atoms with Crippen LogP contribution in [0, 0.1) is 0 Å². The van der Waals surface area contributed by atoms with E-state index in [0.717, 1.165) is 44.0 Å². The zero-order valence-corrected chi connectivity index (χ0v) is 14.9. The lowest BCUT2D eigenvalue weighted by Gasteiger charge is -2.37. The summed E-state index contributed by atoms with van der Waals surface area (Å²) in [4.78, 5) is 4.60. The summed E-state index contributed by atoms with van der Waals surface area (Å²) in [6.07, 6.45) is 1.27. The van der Waals surface area contributed by atoms with Gasteiger partial charge < -0.3 is 20.5 Å². The molecule has 0 saturated carbocycles. The Labute approximate surface area is 144 Å². The minimum Gasteiger partial charge on any atom is -0.493 e. The van der Waals surface area contributed by atoms with Crippen LogP contribution in [0.1, 0.15) is 18.9 Å². The van der Waals surface area contributed by atoms with Crippen molar-refractivity contribution in [3.05, 3.63) is 22.7 Å². The Hall–Kier alpha value is -1.01. The number of halogens is 1. The average molecular weight is 342 g/mol. The first-order valence-corrected chi connectivity index (χ1v) is 8.68. The van der Waals surface area contributed by atoms with E-state index < -0.39 is 0 Å². The molecule has 23 heavy (non-hydrogen) atoms. The van der Waals surface area contributed by atoms with Crippen LogP contribution in [0.5, 0.6) is 5.75 Å². The molecule has 0 aromatic heterocycles. The second-order valence-corrected chi connectivity index (χ2v) is 6.41. The molecule has 0 radical (unpaired) electrons. The highest BCUT2D eigenvalue weighted by molar-refractivity contribution is 6.32. The minimum absolute atomic E-state index is 0.334. The smallest absolute Gasteiger partial charge is 0.160 e. The Bertz CT molecular complexity index is 505. The molecule has 2 rings (SSSR count). The number of aliphatic hydroxyl groups excluding tert-OH is 1. The molecule has 1 aliphatic heterocycles. The molecular formula is C17H28ClN3O2. The Kier molecular flexibility index (Phi) is 6.96. The zero-order valence-electron chi connectivity index (χ0n) is 14.1. The number of benzene rings is 1. The predicted molar refractivity (Wildman–Crippen MR) is 95.7 cm³/mol. The first kappa shape index (κ1) is 18.3. The van der Waals surface area contributed by atoms with E-state index in [0.29, 0.717) is 24.5 Å². The van der Waals surface area contributed by atoms with Crippen molar-refractivity contribution < 1.29 is 9.84 Å². The highest BCUT2D eigenvalue weighted by atomic mass is 35.5. The lowest BCUT2D eigenvalue weighted by atomic mass is 10.1. The molecule has 0 bridgehead atoms. The fraction of sp³-hybridized carbons (Fsp3) is 0.647. The van der Waals surface area contributed by atoms with Crippen LogP contribution >= 0.6 is 11.6 Å². The molecule has 0 spiro atoms. The Morgan fingerprint density at radius 1 is 1.30 bits per heavy atom. The van der Waals surface area contributed by atoms with Crippen molar-refractivity contribution in [3.8, 4) is 5.75 Å². The van der Waals surface area contributed by atoms with Crippen LogP contribution in [0.4, 0.5) is 5.69 Å². The third-order valence-electron chi connectivity index (χ3n) is 4.38. The Morgan fingerprint density at radius 3 is 2.57 bits per heavy atom. The monoisotopic (exact) mass is 341 g/mol. The number of anilines is 1. The summed E-state index contributed by atoms with van der Waals surface area (Å²) in [7, 11) is 1.66. The Balaban J connectivity index is 2.03. The molecular weight excluding hydrogens is 314 g/mol. The van der Waals surface area contributed by atoms with Gasteiger partial charge in [0.15, 0.2) is 5.75 Å². The van der Waals surface area contributed by atoms with Gasteiger partial charge in [0.25, 0.3) is 0 Å². The highest BCUT2D eigenvalue weighted by Crippen LogP contribution is 2.37. The number of aliphatic hydroxyl groups is 1. The normalized spacial score (nSPS) is 17.3. The molecule has 0 amide bonds. The number of hydrogen-bond acceptors (Lipinski definition) is 5. The number of rotatable bonds is 7. The number of methoxy groups -OCH3 is 1. The molecule has 3 N–H and O–H groups in total. The van der Waals surface area contributed by atoms with Gasteiger partial charge in [-0.05, 0) is 37.1 Å². The van der Waals surface area contributed by atoms with Crippen LogP contribution in [0.15, 0.2) is 12.1 Å². The van der Waals surface area contributed by atoms with Crippen LogP contribution in [0.25, 0.3) is 0 Å². The molecule has 1 aromatic rings. The van der Waals surface area contributed by atoms with E-state index in [1.165, 1.54) is 5.56 Å². The number of β-amino-alcohol motifs (C(OH)–C–C–N with tert-alkyl or cyclic N) is 1. The van der Waals surface area contributed by atoms with Crippen LogP contribution in [-0.4, -0.2) is 62.5 Å². The van der Waals surface area contributed by atoms with Gasteiger partial charge in [-0.15, -0.1) is 0 Å². The second-order valence-electron chi connectivity index (χ2n) is 6.00. The van der Waals surface area contributed by atoms with Gasteiger partial charge in [-0.3, -0.25) is 4.90 Å². The van der Waals surface area contributed by atoms with Crippen molar-refractivity contribution in [2.24, 2.45) is 5.73 Å². The van der Waals surface area contributed by atoms with E-state index in [4.69, 9.17) is 22.1 Å². The molecule has 130 valence electrons. The van der Waals surface area contributed by atoms with Crippen LogP contribution in [0.2, 0.25) is 5.02 Å². The van der Waals surface area contributed by atoms with Crippen LogP contribution in [0.3, 0.4) is 0 Å². The summed E-state index contributed by atoms with van der Waals surface area (Å²) in [5.41, 5.74) is 7.78. The molecule has 5 nitrogen and oxygen atoms in total. The van der Waals surface area contributed by atoms with Crippen molar-refractivity contribution in [2.75, 3.05) is 51.3 Å². The van der Waals surface area contributed by atoms with E-state index in [2.05, 4.69) is 22.8 Å². The largest absolute Gasteiger partial charge is 0.493 e. The number of aryl methyl sites for hydroxylation is 1. The molecule has 1 unspecified atom stereocenters. The van der Waals surface area contributed by atoms with Gasteiger partial charge in [-0.25, -0.2) is 0 Å². The SMILES string of the molecule is CCc1cc(Cl)c(OC)c(N2CCN(CC(O)CCN)CC2)c1. The number of nitrogens with two attached hydrogens (primary N) is 1. The maximum Gasteiger partial charge on any atom is 0.160 e. The summed E-state index contributed by atoms with van der Waals surface area (Å²) >= 11 is 6.36. The van der Waals surface area contributed by atoms with Crippen LogP contribution in [-0.2, 0) is 6.42 Å². The van der Waals surface area contributed by atoms with Crippen molar-refractivity contribution >= 4 is 17.3 Å². The van der Waals surface area contributed by atoms with Crippen molar-refractivity contribution in [1.82, 2.24) is 4.90 Å². The summed E-state index contributed by atoms with van der Waals surface area (Å²) < 4.78 is 5.51. The molecule has 1 aliphatic rings. The van der Waals surface area contributed by atoms with Crippen LogP contribution < -0.4 is 15.4 Å². The first-order valence-electron chi connectivity index (χ1n) is 8.30. The van der Waals surface area contributed by atoms with Crippen molar-refractivity contribution in [1.29, 1.82) is 0 Å². The lowest BCUT2D eigenvalue weighted by molar-refractivity contribution is 0.104. The molecule has 1 saturated heterocycles. The van der Waals surface area contributed by atoms with Gasteiger partial charge >= 0.3 is 0 Å². The predicted octanol–water partition coefficient (Wildman–Crippen LogP) is 1.74. The van der Waals surface area contributed by atoms with Crippen molar-refractivity contribution in [3.63, 3.8) is 0 Å². The Morgan fingerprint density at radius 2 is 2.00 bits per heavy atom. The van der Waals surface area contributed by atoms with Gasteiger partial charge in [0.1, 0.15) is 0 Å². The van der Waals surface area contributed by atoms with E-state index in [1.54, 1.807) is 7.11 Å². The minimum atomic E-state index is -0.334. The molecule has 0 aliphatic carbocycles. The van der Waals surface area contributed by atoms with Gasteiger partial charge in [-0.2, -0.15) is 0 Å². The fourth-order valence-corrected chi connectivity index (χ4v) is 3.34. The zero-order chi connectivity index (χ0) is 16.8. The topological polar surface area (TPSA) is 62.0 Å². The summed E-state index contributed by atoms with van der Waals surface area (Å²) in [5, 5.41) is 10.6. The summed E-state index contributed by atoms with van der Waals surface area (Å²) in [6.45, 7) is 6.97. The average Bonchev–Trinajstić information content (AvgIpc) is 2.55. The maximum absolute atomic E-state index is 9.90. The van der Waals surface area contributed by atoms with E-state index >= 15 is 0 Å². The fourth-order valence-electron chi connectivity index (χ4n) is 3.03. The van der Waals surface area contributed by atoms with E-state index in [1.807, 2.05) is 6.07 Å². The quantitative estimate of drug-likeness (QED) is 0.791. The number of piperazine rings is 1. The van der Waals surface area contributed by atoms with Gasteiger partial charge in [-0.1, -0.05) is 18.5 Å². The standard InChI is InChI=1S/C17H28ClN3O2/c1-3-13-10-15(18)17(23-2)16(11-13)21-8-6-20(7-9-21)12-14(22)4-5-19/h10-11,14,22H,3-9,12,19H2,1-2H3. The number of ether oxygens (including phenoxy) is 1. The van der Waals surface area contributed by atoms with Gasteiger partial charge in [0.2, 0.25) is 0 Å².